The second kappa shape index (κ2) is 8.68. The second-order valence-corrected chi connectivity index (χ2v) is 6.78. The van der Waals surface area contributed by atoms with Crippen LogP contribution < -0.4 is 20.1 Å². The fourth-order valence-electron chi connectivity index (χ4n) is 3.09. The summed E-state index contributed by atoms with van der Waals surface area (Å²) in [5.41, 5.74) is 2.15. The summed E-state index contributed by atoms with van der Waals surface area (Å²) in [6, 6.07) is 13.2. The molecule has 2 aromatic rings. The zero-order valence-corrected chi connectivity index (χ0v) is 16.8. The molecule has 29 heavy (non-hydrogen) atoms. The van der Waals surface area contributed by atoms with Crippen LogP contribution in [0.5, 0.6) is 11.5 Å². The van der Waals surface area contributed by atoms with Crippen molar-refractivity contribution in [2.45, 2.75) is 26.0 Å². The standard InChI is InChI=1S/C22H24N2O5/c1-13(2)29-21(25)18-19(14-5-9-16(27-3)10-6-14)23-22(26)24-20(18)15-7-11-17(28-4)12-8-15/h5-13,19H,1-4H3,(H2,23,24,26). The summed E-state index contributed by atoms with van der Waals surface area (Å²) in [6.45, 7) is 3.56. The largest absolute Gasteiger partial charge is 0.497 e. The first kappa shape index (κ1) is 20.3. The minimum atomic E-state index is -0.669. The first-order valence-corrected chi connectivity index (χ1v) is 9.24. The van der Waals surface area contributed by atoms with E-state index < -0.39 is 18.0 Å². The summed E-state index contributed by atoms with van der Waals surface area (Å²) < 4.78 is 15.9. The van der Waals surface area contributed by atoms with Gasteiger partial charge in [0.1, 0.15) is 11.5 Å². The zero-order chi connectivity index (χ0) is 21.0. The molecule has 3 rings (SSSR count). The van der Waals surface area contributed by atoms with Gasteiger partial charge in [-0.25, -0.2) is 9.59 Å². The van der Waals surface area contributed by atoms with Crippen LogP contribution in [0.2, 0.25) is 0 Å². The molecule has 1 atom stereocenters. The monoisotopic (exact) mass is 396 g/mol. The molecule has 0 spiro atoms. The Morgan fingerprint density at radius 1 is 0.931 bits per heavy atom. The van der Waals surface area contributed by atoms with Crippen LogP contribution in [0, 0.1) is 0 Å². The van der Waals surface area contributed by atoms with Gasteiger partial charge in [0.2, 0.25) is 0 Å². The molecule has 0 aliphatic carbocycles. The van der Waals surface area contributed by atoms with Crippen LogP contribution in [-0.4, -0.2) is 32.3 Å². The van der Waals surface area contributed by atoms with E-state index in [2.05, 4.69) is 10.6 Å². The van der Waals surface area contributed by atoms with Gasteiger partial charge in [-0.3, -0.25) is 0 Å². The fraction of sp³-hybridized carbons (Fsp3) is 0.273. The lowest BCUT2D eigenvalue weighted by molar-refractivity contribution is -0.143. The van der Waals surface area contributed by atoms with Gasteiger partial charge < -0.3 is 24.8 Å². The Morgan fingerprint density at radius 2 is 1.48 bits per heavy atom. The molecule has 1 unspecified atom stereocenters. The fourth-order valence-corrected chi connectivity index (χ4v) is 3.09. The molecule has 0 bridgehead atoms. The number of nitrogens with one attached hydrogen (secondary N) is 2. The van der Waals surface area contributed by atoms with Crippen molar-refractivity contribution >= 4 is 17.7 Å². The molecule has 0 saturated heterocycles. The highest BCUT2D eigenvalue weighted by molar-refractivity contribution is 6.04. The molecule has 0 saturated carbocycles. The van der Waals surface area contributed by atoms with Crippen molar-refractivity contribution < 1.29 is 23.8 Å². The highest BCUT2D eigenvalue weighted by Gasteiger charge is 2.34. The summed E-state index contributed by atoms with van der Waals surface area (Å²) in [6.07, 6.45) is -0.304. The maximum Gasteiger partial charge on any atom is 0.338 e. The number of hydrogen-bond donors (Lipinski definition) is 2. The predicted octanol–water partition coefficient (Wildman–Crippen LogP) is 3.42. The van der Waals surface area contributed by atoms with Crippen molar-refractivity contribution in [3.63, 3.8) is 0 Å². The summed E-state index contributed by atoms with van der Waals surface area (Å²) in [5.74, 6) is 0.853. The molecule has 1 aliphatic heterocycles. The molecule has 152 valence electrons. The van der Waals surface area contributed by atoms with Crippen LogP contribution in [-0.2, 0) is 9.53 Å². The minimum absolute atomic E-state index is 0.304. The van der Waals surface area contributed by atoms with Gasteiger partial charge in [-0.15, -0.1) is 0 Å². The number of rotatable bonds is 6. The molecule has 1 aliphatic rings. The van der Waals surface area contributed by atoms with Crippen LogP contribution in [0.1, 0.15) is 31.0 Å². The molecule has 0 radical (unpaired) electrons. The number of esters is 1. The predicted molar refractivity (Wildman–Crippen MR) is 109 cm³/mol. The number of methoxy groups -OCH3 is 2. The first-order chi connectivity index (χ1) is 13.9. The first-order valence-electron chi connectivity index (χ1n) is 9.24. The van der Waals surface area contributed by atoms with Crippen LogP contribution in [0.25, 0.3) is 5.70 Å². The molecule has 2 N–H and O–H groups in total. The molecular formula is C22H24N2O5. The van der Waals surface area contributed by atoms with Gasteiger partial charge in [-0.2, -0.15) is 0 Å². The highest BCUT2D eigenvalue weighted by atomic mass is 16.5. The molecule has 1 heterocycles. The van der Waals surface area contributed by atoms with E-state index in [9.17, 15) is 9.59 Å². The summed E-state index contributed by atoms with van der Waals surface area (Å²) in [5, 5.41) is 5.58. The average molecular weight is 396 g/mol. The van der Waals surface area contributed by atoms with Crippen LogP contribution >= 0.6 is 0 Å². The van der Waals surface area contributed by atoms with Gasteiger partial charge in [0, 0.05) is 0 Å². The summed E-state index contributed by atoms with van der Waals surface area (Å²) in [7, 11) is 3.15. The van der Waals surface area contributed by atoms with E-state index in [-0.39, 0.29) is 6.10 Å². The number of carbonyl (C=O) groups excluding carboxylic acids is 2. The van der Waals surface area contributed by atoms with Crippen molar-refractivity contribution in [3.05, 3.63) is 65.2 Å². The quantitative estimate of drug-likeness (QED) is 0.731. The number of hydrogen-bond acceptors (Lipinski definition) is 5. The van der Waals surface area contributed by atoms with E-state index in [0.717, 1.165) is 5.56 Å². The maximum atomic E-state index is 13.0. The Kier molecular flexibility index (Phi) is 6.07. The molecule has 2 aromatic carbocycles. The number of urea groups is 1. The van der Waals surface area contributed by atoms with E-state index in [4.69, 9.17) is 14.2 Å². The third-order valence-electron chi connectivity index (χ3n) is 4.46. The summed E-state index contributed by atoms with van der Waals surface area (Å²) in [4.78, 5) is 25.4. The third kappa shape index (κ3) is 4.51. The van der Waals surface area contributed by atoms with E-state index in [1.165, 1.54) is 0 Å². The minimum Gasteiger partial charge on any atom is -0.497 e. The van der Waals surface area contributed by atoms with Gasteiger partial charge in [-0.1, -0.05) is 12.1 Å². The smallest absolute Gasteiger partial charge is 0.338 e. The van der Waals surface area contributed by atoms with Crippen LogP contribution in [0.15, 0.2) is 54.1 Å². The Labute approximate surface area is 169 Å². The van der Waals surface area contributed by atoms with Crippen LogP contribution in [0.4, 0.5) is 4.79 Å². The van der Waals surface area contributed by atoms with E-state index in [1.807, 2.05) is 12.1 Å². The average Bonchev–Trinajstić information content (AvgIpc) is 2.72. The number of amides is 2. The molecule has 2 amide bonds. The van der Waals surface area contributed by atoms with Crippen molar-refractivity contribution in [2.75, 3.05) is 14.2 Å². The van der Waals surface area contributed by atoms with Gasteiger partial charge in [0.05, 0.1) is 37.6 Å². The lowest BCUT2D eigenvalue weighted by Gasteiger charge is -2.30. The molecule has 7 nitrogen and oxygen atoms in total. The SMILES string of the molecule is COc1ccc(C2=C(C(=O)OC(C)C)C(c3ccc(OC)cc3)NC(=O)N2)cc1. The van der Waals surface area contributed by atoms with E-state index >= 15 is 0 Å². The van der Waals surface area contributed by atoms with Gasteiger partial charge >= 0.3 is 12.0 Å². The van der Waals surface area contributed by atoms with Crippen molar-refractivity contribution in [3.8, 4) is 11.5 Å². The van der Waals surface area contributed by atoms with Crippen LogP contribution in [0.3, 0.4) is 0 Å². The lowest BCUT2D eigenvalue weighted by atomic mass is 9.92. The number of ether oxygens (including phenoxy) is 3. The lowest BCUT2D eigenvalue weighted by Crippen LogP contribution is -2.45. The van der Waals surface area contributed by atoms with Crippen molar-refractivity contribution in [1.29, 1.82) is 0 Å². The molecule has 0 fully saturated rings. The van der Waals surface area contributed by atoms with Crippen molar-refractivity contribution in [1.82, 2.24) is 10.6 Å². The maximum absolute atomic E-state index is 13.0. The Morgan fingerprint density at radius 3 is 2.00 bits per heavy atom. The molecular weight excluding hydrogens is 372 g/mol. The van der Waals surface area contributed by atoms with Gasteiger partial charge in [-0.05, 0) is 61.4 Å². The molecule has 7 heteroatoms. The normalized spacial score (nSPS) is 16.2. The Bertz CT molecular complexity index is 917. The molecule has 0 aromatic heterocycles. The topological polar surface area (TPSA) is 85.9 Å². The highest BCUT2D eigenvalue weighted by Crippen LogP contribution is 2.33. The number of benzene rings is 2. The van der Waals surface area contributed by atoms with E-state index in [1.54, 1.807) is 64.5 Å². The number of carbonyl (C=O) groups is 2. The zero-order valence-electron chi connectivity index (χ0n) is 16.8. The Balaban J connectivity index is 2.13. The van der Waals surface area contributed by atoms with E-state index in [0.29, 0.717) is 28.3 Å². The summed E-state index contributed by atoms with van der Waals surface area (Å²) >= 11 is 0. The second-order valence-electron chi connectivity index (χ2n) is 6.78. The van der Waals surface area contributed by atoms with Gasteiger partial charge in [0.25, 0.3) is 0 Å². The van der Waals surface area contributed by atoms with Crippen molar-refractivity contribution in [2.24, 2.45) is 0 Å². The Hall–Kier alpha value is -3.48. The van der Waals surface area contributed by atoms with Gasteiger partial charge in [0.15, 0.2) is 0 Å². The third-order valence-corrected chi connectivity index (χ3v) is 4.46.